The van der Waals surface area contributed by atoms with Crippen LogP contribution in [0.5, 0.6) is 0 Å². The molecule has 1 N–H and O–H groups in total. The van der Waals surface area contributed by atoms with Gasteiger partial charge in [-0.05, 0) is 38.3 Å². The Balaban J connectivity index is 2.33. The van der Waals surface area contributed by atoms with Gasteiger partial charge in [-0.25, -0.2) is 12.7 Å². The summed E-state index contributed by atoms with van der Waals surface area (Å²) in [4.78, 5) is 0. The van der Waals surface area contributed by atoms with Crippen LogP contribution >= 0.6 is 0 Å². The third-order valence-corrected chi connectivity index (χ3v) is 5.10. The fraction of sp³-hybridized carbons (Fsp3) is 1.00. The van der Waals surface area contributed by atoms with E-state index in [9.17, 15) is 8.42 Å². The van der Waals surface area contributed by atoms with Crippen molar-refractivity contribution >= 4 is 10.0 Å². The summed E-state index contributed by atoms with van der Waals surface area (Å²) in [6.45, 7) is 7.34. The van der Waals surface area contributed by atoms with Crippen molar-refractivity contribution in [3.05, 3.63) is 0 Å². The summed E-state index contributed by atoms with van der Waals surface area (Å²) in [6, 6.07) is 0. The van der Waals surface area contributed by atoms with E-state index in [1.165, 1.54) is 0 Å². The molecule has 0 aromatic carbocycles. The van der Waals surface area contributed by atoms with E-state index < -0.39 is 10.0 Å². The zero-order chi connectivity index (χ0) is 12.0. The fourth-order valence-corrected chi connectivity index (χ4v) is 3.48. The monoisotopic (exact) mass is 248 g/mol. The zero-order valence-corrected chi connectivity index (χ0v) is 11.2. The molecule has 0 bridgehead atoms. The highest BCUT2D eigenvalue weighted by Crippen LogP contribution is 2.19. The summed E-state index contributed by atoms with van der Waals surface area (Å²) in [5, 5.41) is 3.15. The van der Waals surface area contributed by atoms with E-state index in [1.807, 2.05) is 6.92 Å². The van der Waals surface area contributed by atoms with Crippen LogP contribution in [0.3, 0.4) is 0 Å². The first kappa shape index (κ1) is 13.9. The largest absolute Gasteiger partial charge is 0.317 e. The molecule has 0 amide bonds. The maximum absolute atomic E-state index is 12.0. The van der Waals surface area contributed by atoms with Gasteiger partial charge < -0.3 is 5.32 Å². The summed E-state index contributed by atoms with van der Waals surface area (Å²) < 4.78 is 25.6. The van der Waals surface area contributed by atoms with Crippen LogP contribution in [-0.4, -0.2) is 44.7 Å². The van der Waals surface area contributed by atoms with Gasteiger partial charge in [-0.3, -0.25) is 0 Å². The van der Waals surface area contributed by atoms with Crippen molar-refractivity contribution in [1.82, 2.24) is 9.62 Å². The molecule has 0 saturated carbocycles. The van der Waals surface area contributed by atoms with Crippen LogP contribution in [0.15, 0.2) is 0 Å². The van der Waals surface area contributed by atoms with Crippen molar-refractivity contribution in [2.45, 2.75) is 33.1 Å². The summed E-state index contributed by atoms with van der Waals surface area (Å²) >= 11 is 0. The van der Waals surface area contributed by atoms with Gasteiger partial charge in [0, 0.05) is 13.1 Å². The lowest BCUT2D eigenvalue weighted by atomic mass is 10.0. The predicted octanol–water partition coefficient (Wildman–Crippen LogP) is 1.05. The number of piperidine rings is 1. The third kappa shape index (κ3) is 4.39. The van der Waals surface area contributed by atoms with Gasteiger partial charge in [-0.15, -0.1) is 0 Å². The molecule has 1 aliphatic rings. The van der Waals surface area contributed by atoms with Crippen molar-refractivity contribution < 1.29 is 8.42 Å². The van der Waals surface area contributed by atoms with Crippen LogP contribution in [-0.2, 0) is 10.0 Å². The average Bonchev–Trinajstić information content (AvgIpc) is 2.25. The average molecular weight is 248 g/mol. The summed E-state index contributed by atoms with van der Waals surface area (Å²) in [5.74, 6) is 0.960. The molecular weight excluding hydrogens is 224 g/mol. The van der Waals surface area contributed by atoms with Gasteiger partial charge in [0.15, 0.2) is 0 Å². The number of nitrogens with one attached hydrogen (secondary N) is 1. The molecule has 0 atom stereocenters. The van der Waals surface area contributed by atoms with Crippen LogP contribution in [0.2, 0.25) is 0 Å². The second-order valence-corrected chi connectivity index (χ2v) is 6.69. The van der Waals surface area contributed by atoms with E-state index in [-0.39, 0.29) is 5.75 Å². The predicted molar refractivity (Wildman–Crippen MR) is 66.9 cm³/mol. The second-order valence-electron chi connectivity index (χ2n) is 4.60. The minimum absolute atomic E-state index is 0.286. The molecule has 1 rings (SSSR count). The number of sulfonamides is 1. The van der Waals surface area contributed by atoms with Crippen LogP contribution in [0.25, 0.3) is 0 Å². The minimum atomic E-state index is -2.99. The van der Waals surface area contributed by atoms with E-state index in [0.717, 1.165) is 25.9 Å². The Hall–Kier alpha value is -0.130. The van der Waals surface area contributed by atoms with E-state index in [1.54, 1.807) is 4.31 Å². The first-order valence-corrected chi connectivity index (χ1v) is 7.85. The van der Waals surface area contributed by atoms with Crippen LogP contribution < -0.4 is 5.32 Å². The fourth-order valence-electron chi connectivity index (χ4n) is 1.95. The lowest BCUT2D eigenvalue weighted by Gasteiger charge is -2.29. The van der Waals surface area contributed by atoms with E-state index in [4.69, 9.17) is 0 Å². The Bertz CT molecular complexity index is 282. The lowest BCUT2D eigenvalue weighted by Crippen LogP contribution is -2.39. The highest BCUT2D eigenvalue weighted by molar-refractivity contribution is 7.89. The normalized spacial score (nSPS) is 20.1. The molecule has 0 radical (unpaired) electrons. The third-order valence-electron chi connectivity index (χ3n) is 3.14. The van der Waals surface area contributed by atoms with Crippen LogP contribution in [0.1, 0.15) is 33.1 Å². The van der Waals surface area contributed by atoms with E-state index in [2.05, 4.69) is 12.2 Å². The van der Waals surface area contributed by atoms with Crippen molar-refractivity contribution in [1.29, 1.82) is 0 Å². The Morgan fingerprint density at radius 2 is 1.94 bits per heavy atom. The molecule has 1 fully saturated rings. The number of nitrogens with zero attached hydrogens (tertiary/aromatic N) is 1. The maximum atomic E-state index is 12.0. The van der Waals surface area contributed by atoms with Gasteiger partial charge in [0.2, 0.25) is 10.0 Å². The molecule has 16 heavy (non-hydrogen) atoms. The molecule has 4 nitrogen and oxygen atoms in total. The number of hydrogen-bond donors (Lipinski definition) is 1. The molecule has 1 aliphatic heterocycles. The van der Waals surface area contributed by atoms with Crippen molar-refractivity contribution in [3.63, 3.8) is 0 Å². The van der Waals surface area contributed by atoms with Gasteiger partial charge in [-0.1, -0.05) is 13.8 Å². The van der Waals surface area contributed by atoms with E-state index in [0.29, 0.717) is 25.4 Å². The van der Waals surface area contributed by atoms with Gasteiger partial charge in [0.05, 0.1) is 5.75 Å². The Morgan fingerprint density at radius 1 is 1.31 bits per heavy atom. The molecule has 0 aromatic heterocycles. The summed E-state index contributed by atoms with van der Waals surface area (Å²) in [5.41, 5.74) is 0. The molecule has 1 heterocycles. The van der Waals surface area contributed by atoms with Gasteiger partial charge >= 0.3 is 0 Å². The van der Waals surface area contributed by atoms with Gasteiger partial charge in [0.25, 0.3) is 0 Å². The first-order chi connectivity index (χ1) is 7.56. The molecular formula is C11H24N2O2S. The van der Waals surface area contributed by atoms with E-state index >= 15 is 0 Å². The molecule has 0 aromatic rings. The standard InChI is InChI=1S/C11H24N2O2S/c1-3-12-7-4-10-16(14,15)13-8-5-11(2)6-9-13/h11-12H,3-10H2,1-2H3. The lowest BCUT2D eigenvalue weighted by molar-refractivity contribution is 0.288. The second kappa shape index (κ2) is 6.57. The molecule has 5 heteroatoms. The molecule has 96 valence electrons. The highest BCUT2D eigenvalue weighted by atomic mass is 32.2. The Labute approximate surface area is 99.5 Å². The molecule has 0 unspecified atom stereocenters. The maximum Gasteiger partial charge on any atom is 0.214 e. The highest BCUT2D eigenvalue weighted by Gasteiger charge is 2.25. The summed E-state index contributed by atoms with van der Waals surface area (Å²) in [7, 11) is -2.99. The van der Waals surface area contributed by atoms with Gasteiger partial charge in [0.1, 0.15) is 0 Å². The smallest absolute Gasteiger partial charge is 0.214 e. The number of hydrogen-bond acceptors (Lipinski definition) is 3. The molecule has 1 saturated heterocycles. The first-order valence-electron chi connectivity index (χ1n) is 6.25. The van der Waals surface area contributed by atoms with Crippen molar-refractivity contribution in [3.8, 4) is 0 Å². The Morgan fingerprint density at radius 3 is 2.50 bits per heavy atom. The molecule has 0 spiro atoms. The van der Waals surface area contributed by atoms with Crippen molar-refractivity contribution in [2.75, 3.05) is 31.9 Å². The quantitative estimate of drug-likeness (QED) is 0.715. The van der Waals surface area contributed by atoms with Crippen LogP contribution in [0.4, 0.5) is 0 Å². The number of rotatable bonds is 6. The summed E-state index contributed by atoms with van der Waals surface area (Å²) in [6.07, 6.45) is 2.72. The zero-order valence-electron chi connectivity index (χ0n) is 10.4. The van der Waals surface area contributed by atoms with Crippen molar-refractivity contribution in [2.24, 2.45) is 5.92 Å². The van der Waals surface area contributed by atoms with Gasteiger partial charge in [-0.2, -0.15) is 0 Å². The SMILES string of the molecule is CCNCCCS(=O)(=O)N1CCC(C)CC1. The van der Waals surface area contributed by atoms with Crippen LogP contribution in [0, 0.1) is 5.92 Å². The topological polar surface area (TPSA) is 49.4 Å². The Kier molecular flexibility index (Phi) is 5.72. The molecule has 0 aliphatic carbocycles. The minimum Gasteiger partial charge on any atom is -0.317 e.